The van der Waals surface area contributed by atoms with Crippen LogP contribution < -0.4 is 0 Å². The lowest BCUT2D eigenvalue weighted by Crippen LogP contribution is -2.26. The van der Waals surface area contributed by atoms with E-state index in [0.717, 1.165) is 25.9 Å². The van der Waals surface area contributed by atoms with E-state index in [4.69, 9.17) is 4.42 Å². The highest BCUT2D eigenvalue weighted by atomic mass is 19.1. The van der Waals surface area contributed by atoms with Gasteiger partial charge in [-0.05, 0) is 43.0 Å². The molecule has 3 aromatic rings. The number of hydrogen-bond acceptors (Lipinski definition) is 5. The highest BCUT2D eigenvalue weighted by Crippen LogP contribution is 2.41. The fourth-order valence-electron chi connectivity index (χ4n) is 3.65. The second-order valence-corrected chi connectivity index (χ2v) is 7.13. The zero-order chi connectivity index (χ0) is 17.5. The molecule has 0 unspecified atom stereocenters. The fourth-order valence-corrected chi connectivity index (χ4v) is 3.65. The first-order chi connectivity index (χ1) is 12.8. The van der Waals surface area contributed by atoms with Crippen molar-refractivity contribution >= 4 is 0 Å². The van der Waals surface area contributed by atoms with Crippen LogP contribution in [0.2, 0.25) is 0 Å². The van der Waals surface area contributed by atoms with E-state index in [0.29, 0.717) is 29.8 Å². The second-order valence-electron chi connectivity index (χ2n) is 7.13. The molecule has 2 aliphatic rings. The fraction of sp³-hybridized carbons (Fsp3) is 0.421. The van der Waals surface area contributed by atoms with E-state index in [1.807, 2.05) is 0 Å². The van der Waals surface area contributed by atoms with E-state index in [-0.39, 0.29) is 5.82 Å². The molecule has 1 fully saturated rings. The smallest absolute Gasteiger partial charge is 0.247 e. The maximum absolute atomic E-state index is 13.4. The van der Waals surface area contributed by atoms with Crippen LogP contribution in [0.5, 0.6) is 0 Å². The summed E-state index contributed by atoms with van der Waals surface area (Å²) in [6.07, 6.45) is 4.50. The van der Waals surface area contributed by atoms with Crippen LogP contribution >= 0.6 is 0 Å². The first-order valence-electron chi connectivity index (χ1n) is 9.13. The third-order valence-electron chi connectivity index (χ3n) is 5.20. The first kappa shape index (κ1) is 15.7. The number of aromatic nitrogens is 4. The lowest BCUT2D eigenvalue weighted by Gasteiger charge is -2.17. The maximum atomic E-state index is 13.4. The molecule has 5 rings (SSSR count). The van der Waals surface area contributed by atoms with Gasteiger partial charge in [-0.2, -0.15) is 5.10 Å². The number of benzene rings is 1. The molecule has 3 heterocycles. The van der Waals surface area contributed by atoms with Gasteiger partial charge in [0.25, 0.3) is 0 Å². The van der Waals surface area contributed by atoms with Crippen LogP contribution in [-0.2, 0) is 19.4 Å². The SMILES string of the molecule is Fc1cccc(-c2nnc(CN3CCc4[nH]nc(C5CC5)c4CC3)o2)c1. The van der Waals surface area contributed by atoms with Gasteiger partial charge >= 0.3 is 0 Å². The molecule has 6 nitrogen and oxygen atoms in total. The molecule has 134 valence electrons. The van der Waals surface area contributed by atoms with Crippen molar-refractivity contribution in [2.24, 2.45) is 0 Å². The highest BCUT2D eigenvalue weighted by molar-refractivity contribution is 5.52. The number of halogens is 1. The minimum atomic E-state index is -0.309. The van der Waals surface area contributed by atoms with Crippen LogP contribution in [0.25, 0.3) is 11.5 Å². The van der Waals surface area contributed by atoms with Crippen LogP contribution in [0.1, 0.15) is 41.6 Å². The Bertz CT molecular complexity index is 930. The number of aromatic amines is 1. The molecule has 7 heteroatoms. The van der Waals surface area contributed by atoms with Gasteiger partial charge in [0, 0.05) is 36.7 Å². The van der Waals surface area contributed by atoms with E-state index in [2.05, 4.69) is 25.3 Å². The largest absolute Gasteiger partial charge is 0.419 e. The molecule has 0 amide bonds. The monoisotopic (exact) mass is 353 g/mol. The van der Waals surface area contributed by atoms with Crippen molar-refractivity contribution < 1.29 is 8.81 Å². The Balaban J connectivity index is 1.27. The average Bonchev–Trinajstić information content (AvgIpc) is 3.30. The Kier molecular flexibility index (Phi) is 3.81. The molecular formula is C19H20FN5O. The van der Waals surface area contributed by atoms with Crippen molar-refractivity contribution in [2.75, 3.05) is 13.1 Å². The first-order valence-corrected chi connectivity index (χ1v) is 9.13. The molecule has 0 saturated heterocycles. The zero-order valence-corrected chi connectivity index (χ0v) is 14.4. The van der Waals surface area contributed by atoms with Gasteiger partial charge in [-0.3, -0.25) is 10.00 Å². The zero-order valence-electron chi connectivity index (χ0n) is 14.4. The topological polar surface area (TPSA) is 70.8 Å². The van der Waals surface area contributed by atoms with Crippen molar-refractivity contribution in [3.63, 3.8) is 0 Å². The molecule has 0 bridgehead atoms. The van der Waals surface area contributed by atoms with Crippen LogP contribution in [0.4, 0.5) is 4.39 Å². The maximum Gasteiger partial charge on any atom is 0.247 e. The Morgan fingerprint density at radius 1 is 1.19 bits per heavy atom. The molecule has 1 saturated carbocycles. The van der Waals surface area contributed by atoms with Gasteiger partial charge in [0.2, 0.25) is 11.8 Å². The summed E-state index contributed by atoms with van der Waals surface area (Å²) < 4.78 is 19.1. The molecule has 2 aromatic heterocycles. The Morgan fingerprint density at radius 2 is 2.08 bits per heavy atom. The van der Waals surface area contributed by atoms with E-state index in [1.165, 1.54) is 41.9 Å². The van der Waals surface area contributed by atoms with Gasteiger partial charge < -0.3 is 4.42 Å². The van der Waals surface area contributed by atoms with Crippen LogP contribution in [0.3, 0.4) is 0 Å². The quantitative estimate of drug-likeness (QED) is 0.780. The van der Waals surface area contributed by atoms with Crippen molar-refractivity contribution in [1.29, 1.82) is 0 Å². The predicted molar refractivity (Wildman–Crippen MR) is 92.9 cm³/mol. The normalized spacial score (nSPS) is 17.9. The van der Waals surface area contributed by atoms with Gasteiger partial charge in [0.15, 0.2) is 0 Å². The van der Waals surface area contributed by atoms with E-state index in [9.17, 15) is 4.39 Å². The van der Waals surface area contributed by atoms with Crippen molar-refractivity contribution in [2.45, 2.75) is 38.1 Å². The number of nitrogens with one attached hydrogen (secondary N) is 1. The second kappa shape index (κ2) is 6.32. The lowest BCUT2D eigenvalue weighted by atomic mass is 10.1. The molecular weight excluding hydrogens is 333 g/mol. The number of rotatable bonds is 4. The molecule has 1 aliphatic heterocycles. The Morgan fingerprint density at radius 3 is 2.92 bits per heavy atom. The van der Waals surface area contributed by atoms with Crippen LogP contribution in [-0.4, -0.2) is 38.4 Å². The third kappa shape index (κ3) is 3.03. The van der Waals surface area contributed by atoms with Crippen LogP contribution in [0.15, 0.2) is 28.7 Å². The highest BCUT2D eigenvalue weighted by Gasteiger charge is 2.31. The molecule has 0 spiro atoms. The molecule has 0 atom stereocenters. The minimum Gasteiger partial charge on any atom is -0.419 e. The number of H-pyrrole nitrogens is 1. The Hall–Kier alpha value is -2.54. The number of fused-ring (bicyclic) bond motifs is 1. The van der Waals surface area contributed by atoms with Crippen molar-refractivity contribution in [1.82, 2.24) is 25.3 Å². The van der Waals surface area contributed by atoms with Gasteiger partial charge in [-0.25, -0.2) is 4.39 Å². The number of hydrogen-bond donors (Lipinski definition) is 1. The summed E-state index contributed by atoms with van der Waals surface area (Å²) >= 11 is 0. The summed E-state index contributed by atoms with van der Waals surface area (Å²) in [7, 11) is 0. The third-order valence-corrected chi connectivity index (χ3v) is 5.20. The molecule has 1 aliphatic carbocycles. The summed E-state index contributed by atoms with van der Waals surface area (Å²) in [6.45, 7) is 2.49. The summed E-state index contributed by atoms with van der Waals surface area (Å²) in [5.41, 5.74) is 4.59. The summed E-state index contributed by atoms with van der Waals surface area (Å²) in [4.78, 5) is 2.33. The van der Waals surface area contributed by atoms with E-state index < -0.39 is 0 Å². The summed E-state index contributed by atoms with van der Waals surface area (Å²) in [6, 6.07) is 6.22. The van der Waals surface area contributed by atoms with Crippen LogP contribution in [0, 0.1) is 5.82 Å². The van der Waals surface area contributed by atoms with Gasteiger partial charge in [-0.15, -0.1) is 10.2 Å². The molecule has 0 radical (unpaired) electrons. The van der Waals surface area contributed by atoms with Crippen molar-refractivity contribution in [3.05, 3.63) is 52.9 Å². The predicted octanol–water partition coefficient (Wildman–Crippen LogP) is 3.08. The molecule has 26 heavy (non-hydrogen) atoms. The minimum absolute atomic E-state index is 0.309. The van der Waals surface area contributed by atoms with Gasteiger partial charge in [-0.1, -0.05) is 6.07 Å². The van der Waals surface area contributed by atoms with Gasteiger partial charge in [0.1, 0.15) is 5.82 Å². The summed E-state index contributed by atoms with van der Waals surface area (Å²) in [5, 5.41) is 16.0. The number of nitrogens with zero attached hydrogens (tertiary/aromatic N) is 4. The lowest BCUT2D eigenvalue weighted by molar-refractivity contribution is 0.250. The average molecular weight is 353 g/mol. The summed E-state index contributed by atoms with van der Waals surface area (Å²) in [5.74, 6) is 1.29. The standard InChI is InChI=1S/C19H20FN5O/c20-14-3-1-2-13(10-14)19-24-22-17(26-19)11-25-8-6-15-16(7-9-25)21-23-18(15)12-4-5-12/h1-3,10,12H,4-9,11H2,(H,21,23). The molecule has 1 N–H and O–H groups in total. The van der Waals surface area contributed by atoms with Crippen molar-refractivity contribution in [3.8, 4) is 11.5 Å². The van der Waals surface area contributed by atoms with Gasteiger partial charge in [0.05, 0.1) is 12.2 Å². The van der Waals surface area contributed by atoms with E-state index in [1.54, 1.807) is 12.1 Å². The van der Waals surface area contributed by atoms with E-state index >= 15 is 0 Å². The Labute approximate surface area is 150 Å². The molecule has 1 aromatic carbocycles.